The summed E-state index contributed by atoms with van der Waals surface area (Å²) >= 11 is 18.1. The van der Waals surface area contributed by atoms with Crippen molar-refractivity contribution >= 4 is 46.4 Å². The number of nitrogens with two attached hydrogens (primary N) is 1. The first-order chi connectivity index (χ1) is 13.7. The number of aromatic amines is 1. The molecule has 0 atom stereocenters. The van der Waals surface area contributed by atoms with Crippen molar-refractivity contribution in [3.05, 3.63) is 73.7 Å². The van der Waals surface area contributed by atoms with E-state index >= 15 is 0 Å². The molecule has 0 saturated heterocycles. The SMILES string of the molecule is Cc1[nH]c(C(=O)NCc2ccc(Cl)c(Oc3cc(N)cc(Cl)c3)c2F)c(C)c1Cl. The Labute approximate surface area is 181 Å². The van der Waals surface area contributed by atoms with Crippen LogP contribution in [0.5, 0.6) is 11.5 Å². The van der Waals surface area contributed by atoms with Crippen LogP contribution in [0.4, 0.5) is 10.1 Å². The van der Waals surface area contributed by atoms with Crippen LogP contribution in [-0.2, 0) is 6.54 Å². The lowest BCUT2D eigenvalue weighted by Gasteiger charge is -2.13. The third-order valence-electron chi connectivity index (χ3n) is 4.26. The molecule has 0 aliphatic rings. The number of aryl methyl sites for hydroxylation is 1. The summed E-state index contributed by atoms with van der Waals surface area (Å²) in [6.07, 6.45) is 0. The van der Waals surface area contributed by atoms with Crippen molar-refractivity contribution in [2.24, 2.45) is 0 Å². The maximum absolute atomic E-state index is 15.0. The van der Waals surface area contributed by atoms with Gasteiger partial charge in [-0.2, -0.15) is 0 Å². The van der Waals surface area contributed by atoms with Gasteiger partial charge in [0.25, 0.3) is 5.91 Å². The minimum Gasteiger partial charge on any atom is -0.453 e. The van der Waals surface area contributed by atoms with E-state index in [9.17, 15) is 9.18 Å². The Morgan fingerprint density at radius 1 is 1.21 bits per heavy atom. The van der Waals surface area contributed by atoms with Gasteiger partial charge in [-0.3, -0.25) is 4.79 Å². The van der Waals surface area contributed by atoms with Crippen molar-refractivity contribution in [3.8, 4) is 11.5 Å². The van der Waals surface area contributed by atoms with Crippen molar-refractivity contribution in [2.45, 2.75) is 20.4 Å². The van der Waals surface area contributed by atoms with Crippen LogP contribution < -0.4 is 15.8 Å². The first-order valence-electron chi connectivity index (χ1n) is 8.51. The Morgan fingerprint density at radius 3 is 2.55 bits per heavy atom. The van der Waals surface area contributed by atoms with Gasteiger partial charge in [0, 0.05) is 34.6 Å². The Morgan fingerprint density at radius 2 is 1.93 bits per heavy atom. The number of benzene rings is 2. The van der Waals surface area contributed by atoms with Crippen LogP contribution in [-0.4, -0.2) is 10.9 Å². The van der Waals surface area contributed by atoms with Gasteiger partial charge in [-0.1, -0.05) is 40.9 Å². The van der Waals surface area contributed by atoms with Crippen LogP contribution in [0.1, 0.15) is 27.3 Å². The van der Waals surface area contributed by atoms with E-state index in [1.165, 1.54) is 30.3 Å². The van der Waals surface area contributed by atoms with Gasteiger partial charge in [-0.05, 0) is 37.6 Å². The van der Waals surface area contributed by atoms with E-state index in [-0.39, 0.29) is 28.6 Å². The van der Waals surface area contributed by atoms with Gasteiger partial charge >= 0.3 is 0 Å². The van der Waals surface area contributed by atoms with Crippen LogP contribution >= 0.6 is 34.8 Å². The molecule has 0 unspecified atom stereocenters. The normalized spacial score (nSPS) is 10.8. The molecule has 0 aliphatic heterocycles. The number of aromatic nitrogens is 1. The highest BCUT2D eigenvalue weighted by Crippen LogP contribution is 2.35. The number of hydrogen-bond acceptors (Lipinski definition) is 3. The number of carbonyl (C=O) groups is 1. The average molecular weight is 457 g/mol. The second-order valence-corrected chi connectivity index (χ2v) is 7.64. The summed E-state index contributed by atoms with van der Waals surface area (Å²) in [4.78, 5) is 15.3. The van der Waals surface area contributed by atoms with E-state index in [1.54, 1.807) is 13.8 Å². The fraction of sp³-hybridized carbons (Fsp3) is 0.150. The predicted molar refractivity (Wildman–Crippen MR) is 114 cm³/mol. The smallest absolute Gasteiger partial charge is 0.268 e. The zero-order valence-corrected chi connectivity index (χ0v) is 17.8. The molecule has 1 amide bonds. The van der Waals surface area contributed by atoms with Crippen molar-refractivity contribution < 1.29 is 13.9 Å². The van der Waals surface area contributed by atoms with Crippen molar-refractivity contribution in [1.29, 1.82) is 0 Å². The van der Waals surface area contributed by atoms with Crippen LogP contribution in [0.15, 0.2) is 30.3 Å². The Hall–Kier alpha value is -2.41. The van der Waals surface area contributed by atoms with Crippen LogP contribution in [0.3, 0.4) is 0 Å². The number of amides is 1. The largest absolute Gasteiger partial charge is 0.453 e. The number of halogens is 4. The molecule has 4 N–H and O–H groups in total. The topological polar surface area (TPSA) is 80.1 Å². The molecule has 0 spiro atoms. The van der Waals surface area contributed by atoms with Crippen LogP contribution in [0, 0.1) is 19.7 Å². The molecule has 5 nitrogen and oxygen atoms in total. The molecule has 2 aromatic carbocycles. The lowest BCUT2D eigenvalue weighted by Crippen LogP contribution is -2.24. The van der Waals surface area contributed by atoms with Crippen LogP contribution in [0.2, 0.25) is 15.1 Å². The summed E-state index contributed by atoms with van der Waals surface area (Å²) < 4.78 is 20.5. The maximum Gasteiger partial charge on any atom is 0.268 e. The summed E-state index contributed by atoms with van der Waals surface area (Å²) in [7, 11) is 0. The minimum absolute atomic E-state index is 0.0683. The third-order valence-corrected chi connectivity index (χ3v) is 5.34. The van der Waals surface area contributed by atoms with Crippen molar-refractivity contribution in [1.82, 2.24) is 10.3 Å². The minimum atomic E-state index is -0.700. The number of nitrogen functional groups attached to an aromatic ring is 1. The monoisotopic (exact) mass is 455 g/mol. The summed E-state index contributed by atoms with van der Waals surface area (Å²) in [5, 5.41) is 3.56. The fourth-order valence-electron chi connectivity index (χ4n) is 2.78. The molecule has 0 fully saturated rings. The second-order valence-electron chi connectivity index (χ2n) is 6.42. The lowest BCUT2D eigenvalue weighted by molar-refractivity contribution is 0.0945. The van der Waals surface area contributed by atoms with Crippen molar-refractivity contribution in [2.75, 3.05) is 5.73 Å². The Bertz CT molecular complexity index is 1080. The standard InChI is InChI=1S/C20H17Cl3FN3O2/c1-9-16(23)10(2)27-18(9)20(28)26-8-11-3-4-15(22)19(17(11)24)29-14-6-12(21)5-13(25)7-14/h3-7,27H,8,25H2,1-2H3,(H,26,28). The summed E-state index contributed by atoms with van der Waals surface area (Å²) in [6, 6.07) is 7.47. The molecular weight excluding hydrogens is 440 g/mol. The first-order valence-corrected chi connectivity index (χ1v) is 9.64. The highest BCUT2D eigenvalue weighted by Gasteiger charge is 2.19. The van der Waals surface area contributed by atoms with E-state index in [4.69, 9.17) is 45.3 Å². The number of anilines is 1. The van der Waals surface area contributed by atoms with E-state index in [2.05, 4.69) is 10.3 Å². The summed E-state index contributed by atoms with van der Waals surface area (Å²) in [5.41, 5.74) is 7.92. The molecule has 0 radical (unpaired) electrons. The van der Waals surface area contributed by atoms with E-state index in [0.29, 0.717) is 32.7 Å². The molecular formula is C20H17Cl3FN3O2. The van der Waals surface area contributed by atoms with Gasteiger partial charge < -0.3 is 20.8 Å². The zero-order chi connectivity index (χ0) is 21.3. The van der Waals surface area contributed by atoms with E-state index in [1.807, 2.05) is 0 Å². The van der Waals surface area contributed by atoms with Gasteiger partial charge in [-0.15, -0.1) is 0 Å². The van der Waals surface area contributed by atoms with E-state index in [0.717, 1.165) is 0 Å². The molecule has 3 rings (SSSR count). The second kappa shape index (κ2) is 8.53. The summed E-state index contributed by atoms with van der Waals surface area (Å²) in [6.45, 7) is 3.41. The number of H-pyrrole nitrogens is 1. The van der Waals surface area contributed by atoms with Crippen LogP contribution in [0.25, 0.3) is 0 Å². The molecule has 152 valence electrons. The molecule has 0 aliphatic carbocycles. The molecule has 0 bridgehead atoms. The highest BCUT2D eigenvalue weighted by atomic mass is 35.5. The van der Waals surface area contributed by atoms with Gasteiger partial charge in [-0.25, -0.2) is 4.39 Å². The Kier molecular flexibility index (Phi) is 6.27. The van der Waals surface area contributed by atoms with Gasteiger partial charge in [0.05, 0.1) is 10.0 Å². The van der Waals surface area contributed by atoms with Gasteiger partial charge in [0.2, 0.25) is 0 Å². The molecule has 1 heterocycles. The third kappa shape index (κ3) is 4.61. The first kappa shape index (κ1) is 21.3. The Balaban J connectivity index is 1.81. The average Bonchev–Trinajstić information content (AvgIpc) is 2.91. The van der Waals surface area contributed by atoms with Gasteiger partial charge in [0.1, 0.15) is 11.4 Å². The number of rotatable bonds is 5. The molecule has 1 aromatic heterocycles. The summed E-state index contributed by atoms with van der Waals surface area (Å²) in [5.74, 6) is -1.05. The highest BCUT2D eigenvalue weighted by molar-refractivity contribution is 6.33. The maximum atomic E-state index is 15.0. The quantitative estimate of drug-likeness (QED) is 0.410. The molecule has 0 saturated carbocycles. The molecule has 29 heavy (non-hydrogen) atoms. The molecule has 9 heteroatoms. The number of carbonyl (C=O) groups excluding carboxylic acids is 1. The fourth-order valence-corrected chi connectivity index (χ4v) is 3.34. The van der Waals surface area contributed by atoms with Crippen molar-refractivity contribution in [3.63, 3.8) is 0 Å². The number of ether oxygens (including phenoxy) is 1. The van der Waals surface area contributed by atoms with Gasteiger partial charge in [0.15, 0.2) is 11.6 Å². The lowest BCUT2D eigenvalue weighted by atomic mass is 10.2. The molecule has 3 aromatic rings. The predicted octanol–water partition coefficient (Wildman–Crippen LogP) is 6.04. The number of hydrogen-bond donors (Lipinski definition) is 3. The number of nitrogens with one attached hydrogen (secondary N) is 2. The zero-order valence-electron chi connectivity index (χ0n) is 15.5. The van der Waals surface area contributed by atoms with E-state index < -0.39 is 11.7 Å².